The molecule has 5 rings (SSSR count). The number of hydrogen-bond donors (Lipinski definition) is 3. The van der Waals surface area contributed by atoms with Crippen molar-refractivity contribution in [3.05, 3.63) is 100 Å². The minimum Gasteiger partial charge on any atom is -0.744 e. The number of unbranched alkanes of at least 4 members (excludes halogenated alkanes) is 5. The Hall–Kier alpha value is -4.81. The van der Waals surface area contributed by atoms with E-state index < -0.39 is 37.4 Å². The van der Waals surface area contributed by atoms with E-state index in [-0.39, 0.29) is 46.8 Å². The van der Waals surface area contributed by atoms with Crippen LogP contribution in [0.3, 0.4) is 0 Å². The number of aryl methyl sites for hydroxylation is 2. The normalized spacial score (nSPS) is 17.6. The van der Waals surface area contributed by atoms with Crippen LogP contribution < -0.4 is 10.2 Å². The summed E-state index contributed by atoms with van der Waals surface area (Å²) in [5.74, 6) is -0.634. The summed E-state index contributed by atoms with van der Waals surface area (Å²) >= 11 is 5.99. The second kappa shape index (κ2) is 22.8. The highest BCUT2D eigenvalue weighted by Gasteiger charge is 2.45. The van der Waals surface area contributed by atoms with Gasteiger partial charge in [0.15, 0.2) is 5.71 Å². The van der Waals surface area contributed by atoms with E-state index in [0.29, 0.717) is 36.3 Å². The molecule has 3 heterocycles. The molecule has 0 saturated heterocycles. The molecule has 0 radical (unpaired) electrons. The van der Waals surface area contributed by atoms with Crippen molar-refractivity contribution in [3.63, 3.8) is 0 Å². The SMILES string of the molecule is CCCCN1C(=CC=CC=CC2=[N+](CCCS(=O)(=O)O)c3ccc(S(=O)(=O)[O-])cc3C2(C)C)C(C)(CCCCCC(=O)CCCCCc2nc(Cl)nc(NCC(=O)O)n2)c2cc(C)ccc21. The predicted octanol–water partition coefficient (Wildman–Crippen LogP) is 8.79. The number of ketones is 1. The number of rotatable bonds is 26. The number of nitrogens with zero attached hydrogens (tertiary/aromatic N) is 5. The Bertz CT molecular complexity index is 2610. The molecule has 3 N–H and O–H groups in total. The first-order valence-electron chi connectivity index (χ1n) is 22.7. The summed E-state index contributed by atoms with van der Waals surface area (Å²) in [6.45, 7) is 11.2. The van der Waals surface area contributed by atoms with Crippen LogP contribution in [0.1, 0.15) is 127 Å². The van der Waals surface area contributed by atoms with Crippen LogP contribution in [0.25, 0.3) is 0 Å². The van der Waals surface area contributed by atoms with Gasteiger partial charge in [0.1, 0.15) is 34.8 Å². The minimum absolute atomic E-state index is 0.00465. The summed E-state index contributed by atoms with van der Waals surface area (Å²) in [7, 11) is -8.91. The van der Waals surface area contributed by atoms with Crippen molar-refractivity contribution in [2.75, 3.05) is 35.6 Å². The van der Waals surface area contributed by atoms with Crippen LogP contribution in [0.4, 0.5) is 17.3 Å². The van der Waals surface area contributed by atoms with E-state index in [0.717, 1.165) is 70.0 Å². The van der Waals surface area contributed by atoms with Crippen LogP contribution in [0.15, 0.2) is 77.4 Å². The van der Waals surface area contributed by atoms with Gasteiger partial charge in [-0.3, -0.25) is 14.1 Å². The molecule has 15 nitrogen and oxygen atoms in total. The topological polar surface area (TPSA) is 223 Å². The van der Waals surface area contributed by atoms with Gasteiger partial charge in [-0.05, 0) is 101 Å². The van der Waals surface area contributed by atoms with Crippen molar-refractivity contribution in [2.24, 2.45) is 0 Å². The summed E-state index contributed by atoms with van der Waals surface area (Å²) in [6.07, 6.45) is 19.6. The van der Waals surface area contributed by atoms with E-state index in [4.69, 9.17) is 16.7 Å². The molecule has 66 heavy (non-hydrogen) atoms. The van der Waals surface area contributed by atoms with Gasteiger partial charge in [-0.1, -0.05) is 68.5 Å². The quantitative estimate of drug-likeness (QED) is 0.0296. The van der Waals surface area contributed by atoms with Crippen LogP contribution >= 0.6 is 11.6 Å². The van der Waals surface area contributed by atoms with Crippen molar-refractivity contribution >= 4 is 66.6 Å². The van der Waals surface area contributed by atoms with Gasteiger partial charge in [-0.15, -0.1) is 0 Å². The summed E-state index contributed by atoms with van der Waals surface area (Å²) in [5, 5.41) is 11.5. The van der Waals surface area contributed by atoms with Crippen molar-refractivity contribution in [1.29, 1.82) is 0 Å². The number of carboxylic acid groups (broad SMARTS) is 1. The lowest BCUT2D eigenvalue weighted by Crippen LogP contribution is -2.29. The third-order valence-electron chi connectivity index (χ3n) is 12.3. The van der Waals surface area contributed by atoms with E-state index in [1.807, 2.05) is 42.7 Å². The van der Waals surface area contributed by atoms with Gasteiger partial charge >= 0.3 is 5.97 Å². The zero-order valence-corrected chi connectivity index (χ0v) is 40.9. The number of aromatic nitrogens is 3. The van der Waals surface area contributed by atoms with Crippen LogP contribution in [0.5, 0.6) is 0 Å². The highest BCUT2D eigenvalue weighted by atomic mass is 35.5. The van der Waals surface area contributed by atoms with Crippen molar-refractivity contribution in [3.8, 4) is 0 Å². The van der Waals surface area contributed by atoms with Gasteiger partial charge in [0, 0.05) is 66.7 Å². The number of nitrogens with one attached hydrogen (secondary N) is 1. The molecular formula is C48H63ClN6O9S2. The van der Waals surface area contributed by atoms with Gasteiger partial charge in [0.25, 0.3) is 10.1 Å². The number of benzene rings is 2. The molecule has 0 spiro atoms. The molecule has 18 heteroatoms. The first-order chi connectivity index (χ1) is 31.1. The van der Waals surface area contributed by atoms with Crippen LogP contribution in [0, 0.1) is 6.92 Å². The zero-order valence-electron chi connectivity index (χ0n) is 38.6. The lowest BCUT2D eigenvalue weighted by Gasteiger charge is -2.30. The number of carbonyl (C=O) groups is 2. The van der Waals surface area contributed by atoms with E-state index in [1.54, 1.807) is 6.07 Å². The number of hydrogen-bond acceptors (Lipinski definition) is 12. The first-order valence-corrected chi connectivity index (χ1v) is 26.1. The molecule has 358 valence electrons. The fourth-order valence-corrected chi connectivity index (χ4v) is 10.1. The lowest BCUT2D eigenvalue weighted by atomic mass is 9.76. The summed E-state index contributed by atoms with van der Waals surface area (Å²) in [5.41, 5.74) is 5.95. The fourth-order valence-electron chi connectivity index (χ4n) is 8.92. The average molecular weight is 968 g/mol. The minimum atomic E-state index is -4.71. The Balaban J connectivity index is 1.24. The highest BCUT2D eigenvalue weighted by molar-refractivity contribution is 7.86. The van der Waals surface area contributed by atoms with Gasteiger partial charge in [-0.2, -0.15) is 23.0 Å². The van der Waals surface area contributed by atoms with Gasteiger partial charge in [0.2, 0.25) is 16.9 Å². The first kappa shape index (κ1) is 52.2. The number of allylic oxidation sites excluding steroid dienone is 6. The molecule has 0 aliphatic carbocycles. The smallest absolute Gasteiger partial charge is 0.322 e. The standard InChI is InChI=1S/C48H63ClN6O9S2/c1-6-7-28-55-40-25-23-34(2)31-38(40)48(5,27-16-10-12-19-35(56)18-11-8-15-22-43-51-45(49)53-46(52-43)50-33-44(57)58)42(55)21-14-9-13-20-41-47(3,4)37-32-36(66(62,63)64)24-26-39(37)54(41)29-17-30-65(59,60)61/h9,13-14,20-21,23-26,31-32H,6-8,10-12,15-19,22,27-30,33H2,1-5H3,(H3-,50,51,52,53,57,58,59,60,61,62,63,64). The number of fused-ring (bicyclic) bond motifs is 2. The Labute approximate surface area is 394 Å². The number of aliphatic carboxylic acids is 1. The summed E-state index contributed by atoms with van der Waals surface area (Å²) in [4.78, 5) is 38.1. The van der Waals surface area contributed by atoms with Crippen molar-refractivity contribution in [2.45, 2.75) is 134 Å². The van der Waals surface area contributed by atoms with Gasteiger partial charge in [-0.25, -0.2) is 13.4 Å². The maximum atomic E-state index is 12.9. The molecule has 2 aliphatic rings. The summed E-state index contributed by atoms with van der Waals surface area (Å²) < 4.78 is 70.4. The van der Waals surface area contributed by atoms with E-state index in [9.17, 15) is 35.5 Å². The highest BCUT2D eigenvalue weighted by Crippen LogP contribution is 2.51. The number of carbonyl (C=O) groups excluding carboxylic acids is 1. The predicted molar refractivity (Wildman–Crippen MR) is 257 cm³/mol. The van der Waals surface area contributed by atoms with E-state index >= 15 is 0 Å². The molecular weight excluding hydrogens is 904 g/mol. The van der Waals surface area contributed by atoms with Crippen molar-refractivity contribution < 1.29 is 45.2 Å². The molecule has 0 saturated carbocycles. The molecule has 0 bridgehead atoms. The van der Waals surface area contributed by atoms with Crippen molar-refractivity contribution in [1.82, 2.24) is 15.0 Å². The zero-order chi connectivity index (χ0) is 48.3. The van der Waals surface area contributed by atoms with Gasteiger partial charge < -0.3 is 19.9 Å². The maximum Gasteiger partial charge on any atom is 0.322 e. The molecule has 1 aromatic heterocycles. The third-order valence-corrected chi connectivity index (χ3v) is 14.1. The largest absolute Gasteiger partial charge is 0.744 e. The summed E-state index contributed by atoms with van der Waals surface area (Å²) in [6, 6.07) is 10.9. The molecule has 0 fully saturated rings. The molecule has 1 atom stereocenters. The van der Waals surface area contributed by atoms with Gasteiger partial charge in [0.05, 0.1) is 16.1 Å². The number of Topliss-reactive ketones (excluding diaryl/α,β-unsaturated/α-hetero) is 1. The van der Waals surface area contributed by atoms with Crippen LogP contribution in [-0.2, 0) is 47.1 Å². The fraction of sp³-hybridized carbons (Fsp3) is 0.500. The Morgan fingerprint density at radius 2 is 1.62 bits per heavy atom. The van der Waals surface area contributed by atoms with E-state index in [1.165, 1.54) is 34.6 Å². The Kier molecular flexibility index (Phi) is 18.0. The Morgan fingerprint density at radius 3 is 2.30 bits per heavy atom. The number of carboxylic acids is 1. The second-order valence-corrected chi connectivity index (χ2v) is 21.1. The average Bonchev–Trinajstić information content (AvgIpc) is 3.59. The molecule has 3 aromatic rings. The van der Waals surface area contributed by atoms with Crippen LogP contribution in [-0.4, -0.2) is 93.4 Å². The lowest BCUT2D eigenvalue weighted by molar-refractivity contribution is -0.437. The van der Waals surface area contributed by atoms with Crippen LogP contribution in [0.2, 0.25) is 5.28 Å². The van der Waals surface area contributed by atoms with E-state index in [2.05, 4.69) is 70.2 Å². The monoisotopic (exact) mass is 966 g/mol. The Morgan fingerprint density at radius 1 is 0.894 bits per heavy atom. The number of halogens is 1. The molecule has 2 aliphatic heterocycles. The maximum absolute atomic E-state index is 12.9. The second-order valence-electron chi connectivity index (χ2n) is 17.8. The molecule has 0 amide bonds. The third kappa shape index (κ3) is 13.9. The number of anilines is 2. The molecule has 1 unspecified atom stereocenters. The molecule has 2 aromatic carbocycles.